The van der Waals surface area contributed by atoms with Gasteiger partial charge in [-0.1, -0.05) is 43.2 Å². The number of hydrogen-bond acceptors (Lipinski definition) is 3. The lowest BCUT2D eigenvalue weighted by Gasteiger charge is -2.26. The van der Waals surface area contributed by atoms with Crippen LogP contribution in [0.2, 0.25) is 0 Å². The van der Waals surface area contributed by atoms with Gasteiger partial charge < -0.3 is 4.57 Å². The third-order valence-corrected chi connectivity index (χ3v) is 6.21. The second kappa shape index (κ2) is 7.44. The molecule has 0 spiro atoms. The number of benzene rings is 1. The van der Waals surface area contributed by atoms with Crippen molar-refractivity contribution in [3.63, 3.8) is 0 Å². The van der Waals surface area contributed by atoms with Gasteiger partial charge in [0.05, 0.1) is 17.3 Å². The maximum atomic E-state index is 8.95. The van der Waals surface area contributed by atoms with E-state index in [4.69, 9.17) is 10.2 Å². The monoisotopic (exact) mass is 339 g/mol. The second-order valence-corrected chi connectivity index (χ2v) is 8.03. The minimum Gasteiger partial charge on any atom is -0.320 e. The third kappa shape index (κ3) is 3.52. The highest BCUT2D eigenvalue weighted by molar-refractivity contribution is 7.99. The summed E-state index contributed by atoms with van der Waals surface area (Å²) in [4.78, 5) is 4.86. The lowest BCUT2D eigenvalue weighted by atomic mass is 9.95. The predicted octanol–water partition coefficient (Wildman–Crippen LogP) is 5.73. The Morgan fingerprint density at radius 1 is 1.17 bits per heavy atom. The van der Waals surface area contributed by atoms with Gasteiger partial charge in [-0.25, -0.2) is 4.98 Å². The van der Waals surface area contributed by atoms with Gasteiger partial charge in [0, 0.05) is 17.0 Å². The first-order valence-electron chi connectivity index (χ1n) is 8.82. The van der Waals surface area contributed by atoms with E-state index in [2.05, 4.69) is 43.5 Å². The average Bonchev–Trinajstić information content (AvgIpc) is 2.89. The zero-order valence-electron chi connectivity index (χ0n) is 14.7. The molecule has 0 N–H and O–H groups in total. The van der Waals surface area contributed by atoms with Gasteiger partial charge in [0.1, 0.15) is 0 Å². The summed E-state index contributed by atoms with van der Waals surface area (Å²) in [7, 11) is 0. The molecular formula is C20H25N3S. The zero-order valence-corrected chi connectivity index (χ0v) is 15.6. The van der Waals surface area contributed by atoms with Crippen LogP contribution in [0.4, 0.5) is 0 Å². The lowest BCUT2D eigenvalue weighted by molar-refractivity contribution is 0.332. The molecule has 1 unspecified atom stereocenters. The molecule has 3 nitrogen and oxygen atoms in total. The number of hydrogen-bond donors (Lipinski definition) is 0. The number of aryl methyl sites for hydroxylation is 1. The van der Waals surface area contributed by atoms with Crippen molar-refractivity contribution in [2.24, 2.45) is 0 Å². The summed E-state index contributed by atoms with van der Waals surface area (Å²) in [6, 6.07) is 10.7. The van der Waals surface area contributed by atoms with Crippen molar-refractivity contribution in [3.05, 3.63) is 46.8 Å². The number of imidazole rings is 1. The Hall–Kier alpha value is -1.73. The maximum absolute atomic E-state index is 8.95. The lowest BCUT2D eigenvalue weighted by Crippen LogP contribution is -2.15. The molecule has 1 aliphatic carbocycles. The minimum atomic E-state index is 0.321. The highest BCUT2D eigenvalue weighted by Gasteiger charge is 2.23. The topological polar surface area (TPSA) is 41.6 Å². The van der Waals surface area contributed by atoms with Gasteiger partial charge in [-0.05, 0) is 51.3 Å². The molecule has 1 saturated carbocycles. The largest absolute Gasteiger partial charge is 0.320 e. The SMILES string of the molecule is Cc1nc(SC(C)c2ccc(C#N)cc2)n(C2CCCCC2)c1C. The highest BCUT2D eigenvalue weighted by Crippen LogP contribution is 2.39. The summed E-state index contributed by atoms with van der Waals surface area (Å²) in [5.74, 6) is 0. The molecule has 2 aromatic rings. The number of nitrogens with zero attached hydrogens (tertiary/aromatic N) is 3. The van der Waals surface area contributed by atoms with Crippen molar-refractivity contribution in [1.29, 1.82) is 5.26 Å². The molecule has 3 rings (SSSR count). The van der Waals surface area contributed by atoms with Gasteiger partial charge in [-0.2, -0.15) is 5.26 Å². The van der Waals surface area contributed by atoms with Crippen LogP contribution in [0.15, 0.2) is 29.4 Å². The number of aromatic nitrogens is 2. The maximum Gasteiger partial charge on any atom is 0.169 e. The normalized spacial score (nSPS) is 16.8. The van der Waals surface area contributed by atoms with Crippen molar-refractivity contribution in [1.82, 2.24) is 9.55 Å². The van der Waals surface area contributed by atoms with Gasteiger partial charge in [0.25, 0.3) is 0 Å². The van der Waals surface area contributed by atoms with Crippen molar-refractivity contribution in [3.8, 4) is 6.07 Å². The van der Waals surface area contributed by atoms with E-state index in [-0.39, 0.29) is 0 Å². The van der Waals surface area contributed by atoms with E-state index in [1.165, 1.54) is 43.4 Å². The molecule has 1 fully saturated rings. The fourth-order valence-corrected chi connectivity index (χ4v) is 4.70. The molecule has 1 atom stereocenters. The Balaban J connectivity index is 1.83. The Morgan fingerprint density at radius 2 is 1.83 bits per heavy atom. The molecule has 0 saturated heterocycles. The molecule has 1 aliphatic rings. The van der Waals surface area contributed by atoms with Gasteiger partial charge in [-0.15, -0.1) is 0 Å². The van der Waals surface area contributed by atoms with Crippen LogP contribution in [0.3, 0.4) is 0 Å². The summed E-state index contributed by atoms with van der Waals surface area (Å²) < 4.78 is 2.49. The molecule has 126 valence electrons. The van der Waals surface area contributed by atoms with Gasteiger partial charge in [-0.3, -0.25) is 0 Å². The van der Waals surface area contributed by atoms with Crippen LogP contribution < -0.4 is 0 Å². The summed E-state index contributed by atoms with van der Waals surface area (Å²) in [5, 5.41) is 10.4. The summed E-state index contributed by atoms with van der Waals surface area (Å²) in [6.07, 6.45) is 6.57. The van der Waals surface area contributed by atoms with E-state index < -0.39 is 0 Å². The van der Waals surface area contributed by atoms with Crippen LogP contribution in [0.5, 0.6) is 0 Å². The van der Waals surface area contributed by atoms with Crippen LogP contribution in [0.1, 0.15) is 72.8 Å². The van der Waals surface area contributed by atoms with E-state index in [0.29, 0.717) is 16.9 Å². The predicted molar refractivity (Wildman–Crippen MR) is 99.3 cm³/mol. The van der Waals surface area contributed by atoms with Crippen LogP contribution >= 0.6 is 11.8 Å². The Bertz CT molecular complexity index is 733. The van der Waals surface area contributed by atoms with Crippen LogP contribution in [-0.4, -0.2) is 9.55 Å². The minimum absolute atomic E-state index is 0.321. The van der Waals surface area contributed by atoms with Gasteiger partial charge >= 0.3 is 0 Å². The van der Waals surface area contributed by atoms with Crippen LogP contribution in [-0.2, 0) is 0 Å². The van der Waals surface area contributed by atoms with E-state index in [1.54, 1.807) is 0 Å². The third-order valence-electron chi connectivity index (χ3n) is 5.09. The molecule has 24 heavy (non-hydrogen) atoms. The Kier molecular flexibility index (Phi) is 5.30. The van der Waals surface area contributed by atoms with E-state index in [1.807, 2.05) is 23.9 Å². The molecule has 0 bridgehead atoms. The van der Waals surface area contributed by atoms with Crippen molar-refractivity contribution < 1.29 is 0 Å². The molecule has 1 heterocycles. The molecule has 0 amide bonds. The highest BCUT2D eigenvalue weighted by atomic mass is 32.2. The van der Waals surface area contributed by atoms with E-state index in [9.17, 15) is 0 Å². The molecule has 0 radical (unpaired) electrons. The Morgan fingerprint density at radius 3 is 2.46 bits per heavy atom. The summed E-state index contributed by atoms with van der Waals surface area (Å²) in [5.41, 5.74) is 4.42. The first-order chi connectivity index (χ1) is 11.6. The van der Waals surface area contributed by atoms with Gasteiger partial charge in [0.15, 0.2) is 5.16 Å². The van der Waals surface area contributed by atoms with Crippen LogP contribution in [0.25, 0.3) is 0 Å². The molecule has 0 aliphatic heterocycles. The zero-order chi connectivity index (χ0) is 17.1. The summed E-state index contributed by atoms with van der Waals surface area (Å²) in [6.45, 7) is 6.54. The number of thioether (sulfide) groups is 1. The van der Waals surface area contributed by atoms with E-state index in [0.717, 1.165) is 10.9 Å². The number of rotatable bonds is 4. The molecular weight excluding hydrogens is 314 g/mol. The smallest absolute Gasteiger partial charge is 0.169 e. The average molecular weight is 340 g/mol. The molecule has 4 heteroatoms. The Labute approximate surface area is 149 Å². The standard InChI is InChI=1S/C20H25N3S/c1-14-15(2)23(19-7-5-4-6-8-19)20(22-14)24-16(3)18-11-9-17(13-21)10-12-18/h9-12,16,19H,4-8H2,1-3H3. The fourth-order valence-electron chi connectivity index (χ4n) is 3.50. The molecule has 1 aromatic carbocycles. The van der Waals surface area contributed by atoms with Crippen LogP contribution in [0, 0.1) is 25.2 Å². The van der Waals surface area contributed by atoms with Crippen molar-refractivity contribution in [2.75, 3.05) is 0 Å². The number of nitriles is 1. The van der Waals surface area contributed by atoms with Crippen molar-refractivity contribution in [2.45, 2.75) is 69.3 Å². The first-order valence-corrected chi connectivity index (χ1v) is 9.70. The summed E-state index contributed by atoms with van der Waals surface area (Å²) >= 11 is 1.83. The molecule has 1 aromatic heterocycles. The van der Waals surface area contributed by atoms with Crippen molar-refractivity contribution >= 4 is 11.8 Å². The first kappa shape index (κ1) is 17.1. The quantitative estimate of drug-likeness (QED) is 0.668. The van der Waals surface area contributed by atoms with E-state index >= 15 is 0 Å². The fraction of sp³-hybridized carbons (Fsp3) is 0.500. The van der Waals surface area contributed by atoms with Gasteiger partial charge in [0.2, 0.25) is 0 Å². The second-order valence-electron chi connectivity index (χ2n) is 6.72.